The zero-order valence-electron chi connectivity index (χ0n) is 9.72. The first-order valence-corrected chi connectivity index (χ1v) is 6.94. The molecule has 16 heavy (non-hydrogen) atoms. The molecular formula is C13H19NOS. The van der Waals surface area contributed by atoms with Crippen molar-refractivity contribution in [3.05, 3.63) is 24.0 Å². The molecule has 1 aliphatic rings. The van der Waals surface area contributed by atoms with Crippen LogP contribution in [-0.2, 0) is 0 Å². The van der Waals surface area contributed by atoms with E-state index in [4.69, 9.17) is 0 Å². The lowest BCUT2D eigenvalue weighted by Gasteiger charge is -2.20. The number of nitrogens with zero attached hydrogens (tertiary/aromatic N) is 1. The predicted octanol–water partition coefficient (Wildman–Crippen LogP) is 3.56. The van der Waals surface area contributed by atoms with E-state index in [1.54, 1.807) is 6.92 Å². The van der Waals surface area contributed by atoms with Gasteiger partial charge < -0.3 is 5.11 Å². The maximum absolute atomic E-state index is 9.37. The fourth-order valence-electron chi connectivity index (χ4n) is 2.08. The van der Waals surface area contributed by atoms with E-state index in [0.717, 1.165) is 10.9 Å². The highest BCUT2D eigenvalue weighted by molar-refractivity contribution is 8.00. The first-order chi connectivity index (χ1) is 7.75. The van der Waals surface area contributed by atoms with E-state index in [9.17, 15) is 5.11 Å². The average Bonchev–Trinajstić information content (AvgIpc) is 2.31. The third-order valence-electron chi connectivity index (χ3n) is 3.04. The summed E-state index contributed by atoms with van der Waals surface area (Å²) in [4.78, 5) is 5.51. The van der Waals surface area contributed by atoms with E-state index in [-0.39, 0.29) is 0 Å². The molecule has 0 radical (unpaired) electrons. The standard InChI is InChI=1S/C13H19NOS/c1-10(15)13-8-7-12(9-14-13)16-11-5-3-2-4-6-11/h7-11,15H,2-6H2,1H3/t10-/m0/s1. The highest BCUT2D eigenvalue weighted by atomic mass is 32.2. The second kappa shape index (κ2) is 5.69. The number of aliphatic hydroxyl groups excluding tert-OH is 1. The van der Waals surface area contributed by atoms with E-state index in [1.165, 1.54) is 37.0 Å². The maximum Gasteiger partial charge on any atom is 0.0931 e. The summed E-state index contributed by atoms with van der Waals surface area (Å²) in [5.74, 6) is 0. The number of thioether (sulfide) groups is 1. The summed E-state index contributed by atoms with van der Waals surface area (Å²) in [6.07, 6.45) is 8.24. The molecule has 1 aromatic heterocycles. The van der Waals surface area contributed by atoms with Crippen molar-refractivity contribution in [2.75, 3.05) is 0 Å². The van der Waals surface area contributed by atoms with E-state index in [2.05, 4.69) is 11.1 Å². The second-order valence-electron chi connectivity index (χ2n) is 4.47. The summed E-state index contributed by atoms with van der Waals surface area (Å²) >= 11 is 1.94. The van der Waals surface area contributed by atoms with Gasteiger partial charge in [0.05, 0.1) is 11.8 Å². The van der Waals surface area contributed by atoms with Gasteiger partial charge in [-0.2, -0.15) is 0 Å². The summed E-state index contributed by atoms with van der Waals surface area (Å²) in [6.45, 7) is 1.75. The fraction of sp³-hybridized carbons (Fsp3) is 0.615. The van der Waals surface area contributed by atoms with Crippen molar-refractivity contribution in [3.8, 4) is 0 Å². The minimum Gasteiger partial charge on any atom is -0.387 e. The lowest BCUT2D eigenvalue weighted by molar-refractivity contribution is 0.194. The molecule has 3 heteroatoms. The molecule has 1 aromatic rings. The van der Waals surface area contributed by atoms with Crippen LogP contribution in [0.3, 0.4) is 0 Å². The summed E-state index contributed by atoms with van der Waals surface area (Å²) in [7, 11) is 0. The van der Waals surface area contributed by atoms with Gasteiger partial charge in [0.2, 0.25) is 0 Å². The SMILES string of the molecule is C[C@H](O)c1ccc(SC2CCCCC2)cn1. The highest BCUT2D eigenvalue weighted by Crippen LogP contribution is 2.33. The van der Waals surface area contributed by atoms with E-state index < -0.39 is 6.10 Å². The van der Waals surface area contributed by atoms with Gasteiger partial charge in [0.1, 0.15) is 0 Å². The Morgan fingerprint density at radius 3 is 2.62 bits per heavy atom. The molecule has 0 spiro atoms. The van der Waals surface area contributed by atoms with Crippen LogP contribution in [0.4, 0.5) is 0 Å². The van der Waals surface area contributed by atoms with Crippen LogP contribution < -0.4 is 0 Å². The Morgan fingerprint density at radius 2 is 2.06 bits per heavy atom. The van der Waals surface area contributed by atoms with Crippen molar-refractivity contribution < 1.29 is 5.11 Å². The van der Waals surface area contributed by atoms with Gasteiger partial charge >= 0.3 is 0 Å². The molecule has 1 fully saturated rings. The monoisotopic (exact) mass is 237 g/mol. The van der Waals surface area contributed by atoms with Crippen LogP contribution in [0.25, 0.3) is 0 Å². The molecule has 88 valence electrons. The van der Waals surface area contributed by atoms with Crippen LogP contribution in [0.5, 0.6) is 0 Å². The van der Waals surface area contributed by atoms with Crippen LogP contribution >= 0.6 is 11.8 Å². The molecule has 1 aliphatic carbocycles. The molecule has 0 aliphatic heterocycles. The summed E-state index contributed by atoms with van der Waals surface area (Å²) < 4.78 is 0. The molecular weight excluding hydrogens is 218 g/mol. The van der Waals surface area contributed by atoms with Crippen LogP contribution in [0.2, 0.25) is 0 Å². The Bertz CT molecular complexity index is 317. The van der Waals surface area contributed by atoms with Gasteiger partial charge in [-0.15, -0.1) is 11.8 Å². The Morgan fingerprint density at radius 1 is 1.31 bits per heavy atom. The molecule has 0 amide bonds. The lowest BCUT2D eigenvalue weighted by Crippen LogP contribution is -2.07. The number of hydrogen-bond donors (Lipinski definition) is 1. The van der Waals surface area contributed by atoms with Gasteiger partial charge in [-0.1, -0.05) is 19.3 Å². The Hall–Kier alpha value is -0.540. The Kier molecular flexibility index (Phi) is 4.24. The Labute approximate surface area is 101 Å². The zero-order valence-corrected chi connectivity index (χ0v) is 10.5. The van der Waals surface area contributed by atoms with Crippen LogP contribution in [0.15, 0.2) is 23.2 Å². The number of hydrogen-bond acceptors (Lipinski definition) is 3. The van der Waals surface area contributed by atoms with Crippen molar-refractivity contribution >= 4 is 11.8 Å². The quantitative estimate of drug-likeness (QED) is 0.872. The van der Waals surface area contributed by atoms with Gasteiger partial charge in [-0.05, 0) is 31.9 Å². The predicted molar refractivity (Wildman–Crippen MR) is 67.6 cm³/mol. The van der Waals surface area contributed by atoms with E-state index in [0.29, 0.717) is 0 Å². The normalized spacial score (nSPS) is 19.6. The summed E-state index contributed by atoms with van der Waals surface area (Å²) in [5, 5.41) is 10.1. The van der Waals surface area contributed by atoms with Crippen molar-refractivity contribution in [3.63, 3.8) is 0 Å². The van der Waals surface area contributed by atoms with Crippen LogP contribution in [0, 0.1) is 0 Å². The van der Waals surface area contributed by atoms with E-state index >= 15 is 0 Å². The fourth-order valence-corrected chi connectivity index (χ4v) is 3.30. The molecule has 0 bridgehead atoms. The molecule has 1 saturated carbocycles. The third-order valence-corrected chi connectivity index (χ3v) is 4.36. The van der Waals surface area contributed by atoms with E-state index in [1.807, 2.05) is 24.0 Å². The molecule has 0 saturated heterocycles. The second-order valence-corrected chi connectivity index (χ2v) is 5.85. The molecule has 2 nitrogen and oxygen atoms in total. The number of pyridine rings is 1. The van der Waals surface area contributed by atoms with Gasteiger partial charge in [0.25, 0.3) is 0 Å². The molecule has 1 atom stereocenters. The Balaban J connectivity index is 1.93. The number of aromatic nitrogens is 1. The third kappa shape index (κ3) is 3.22. The van der Waals surface area contributed by atoms with Crippen molar-refractivity contribution in [2.45, 2.75) is 55.3 Å². The van der Waals surface area contributed by atoms with Crippen LogP contribution in [-0.4, -0.2) is 15.3 Å². The highest BCUT2D eigenvalue weighted by Gasteiger charge is 2.14. The lowest BCUT2D eigenvalue weighted by atomic mass is 10.0. The molecule has 2 rings (SSSR count). The summed E-state index contributed by atoms with van der Waals surface area (Å²) in [5.41, 5.74) is 0.757. The molecule has 0 aromatic carbocycles. The average molecular weight is 237 g/mol. The largest absolute Gasteiger partial charge is 0.387 e. The van der Waals surface area contributed by atoms with Gasteiger partial charge in [0, 0.05) is 16.3 Å². The first kappa shape index (κ1) is 11.9. The smallest absolute Gasteiger partial charge is 0.0931 e. The zero-order chi connectivity index (χ0) is 11.4. The number of rotatable bonds is 3. The molecule has 1 N–H and O–H groups in total. The minimum atomic E-state index is -0.464. The van der Waals surface area contributed by atoms with Crippen molar-refractivity contribution in [2.24, 2.45) is 0 Å². The minimum absolute atomic E-state index is 0.464. The number of aliphatic hydroxyl groups is 1. The molecule has 0 unspecified atom stereocenters. The molecule has 1 heterocycles. The van der Waals surface area contributed by atoms with Crippen molar-refractivity contribution in [1.82, 2.24) is 4.98 Å². The van der Waals surface area contributed by atoms with Gasteiger partial charge in [-0.25, -0.2) is 0 Å². The van der Waals surface area contributed by atoms with Crippen LogP contribution in [0.1, 0.15) is 50.8 Å². The maximum atomic E-state index is 9.37. The first-order valence-electron chi connectivity index (χ1n) is 6.06. The van der Waals surface area contributed by atoms with Gasteiger partial charge in [-0.3, -0.25) is 4.98 Å². The van der Waals surface area contributed by atoms with Crippen molar-refractivity contribution in [1.29, 1.82) is 0 Å². The summed E-state index contributed by atoms with van der Waals surface area (Å²) in [6, 6.07) is 4.00. The van der Waals surface area contributed by atoms with Gasteiger partial charge in [0.15, 0.2) is 0 Å². The topological polar surface area (TPSA) is 33.1 Å².